The summed E-state index contributed by atoms with van der Waals surface area (Å²) in [7, 11) is -3.67. The first kappa shape index (κ1) is 19.4. The fraction of sp³-hybridized carbons (Fsp3) is 0.211. The number of ether oxygens (including phenoxy) is 1. The zero-order chi connectivity index (χ0) is 19.9. The van der Waals surface area contributed by atoms with Crippen molar-refractivity contribution in [3.63, 3.8) is 0 Å². The predicted octanol–water partition coefficient (Wildman–Crippen LogP) is 3.98. The number of carbonyl (C=O) groups is 1. The smallest absolute Gasteiger partial charge is 0.243 e. The maximum Gasteiger partial charge on any atom is 0.243 e. The molecule has 1 aromatic heterocycles. The van der Waals surface area contributed by atoms with E-state index in [0.717, 1.165) is 0 Å². The van der Waals surface area contributed by atoms with Crippen LogP contribution in [-0.2, 0) is 14.8 Å². The molecule has 3 aromatic rings. The minimum Gasteiger partial charge on any atom is -0.379 e. The van der Waals surface area contributed by atoms with Gasteiger partial charge in [0, 0.05) is 40.1 Å². The summed E-state index contributed by atoms with van der Waals surface area (Å²) in [4.78, 5) is 15.1. The molecule has 4 rings (SSSR count). The maximum absolute atomic E-state index is 12.9. The van der Waals surface area contributed by atoms with E-state index in [1.165, 1.54) is 16.4 Å². The molecule has 0 saturated carbocycles. The zero-order valence-corrected chi connectivity index (χ0v) is 16.9. The molecule has 0 aliphatic carbocycles. The first-order valence-electron chi connectivity index (χ1n) is 8.56. The number of hydrogen-bond donors (Lipinski definition) is 1. The van der Waals surface area contributed by atoms with E-state index in [2.05, 4.69) is 4.98 Å². The highest BCUT2D eigenvalue weighted by molar-refractivity contribution is 7.89. The number of aromatic amines is 1. The second-order valence-corrected chi connectivity index (χ2v) is 9.16. The molecule has 0 radical (unpaired) electrons. The van der Waals surface area contributed by atoms with E-state index in [-0.39, 0.29) is 4.90 Å². The van der Waals surface area contributed by atoms with Gasteiger partial charge in [0.05, 0.1) is 28.8 Å². The lowest BCUT2D eigenvalue weighted by Crippen LogP contribution is -2.40. The number of carbonyl (C=O) groups excluding carboxylic acids is 1. The molecule has 146 valence electrons. The minimum absolute atomic E-state index is 0.132. The molecule has 1 fully saturated rings. The van der Waals surface area contributed by atoms with E-state index in [1.807, 2.05) is 0 Å². The first-order chi connectivity index (χ1) is 13.4. The number of aromatic nitrogens is 1. The van der Waals surface area contributed by atoms with Crippen LogP contribution < -0.4 is 0 Å². The van der Waals surface area contributed by atoms with Crippen LogP contribution in [-0.4, -0.2) is 50.3 Å². The second kappa shape index (κ2) is 7.50. The van der Waals surface area contributed by atoms with E-state index in [0.29, 0.717) is 70.4 Å². The Labute approximate surface area is 172 Å². The lowest BCUT2D eigenvalue weighted by Gasteiger charge is -2.26. The largest absolute Gasteiger partial charge is 0.379 e. The summed E-state index contributed by atoms with van der Waals surface area (Å²) in [6.07, 6.45) is 0.691. The number of rotatable bonds is 4. The lowest BCUT2D eigenvalue weighted by molar-refractivity contribution is 0.0730. The van der Waals surface area contributed by atoms with Crippen molar-refractivity contribution < 1.29 is 17.9 Å². The molecular weight excluding hydrogens is 423 g/mol. The highest BCUT2D eigenvalue weighted by atomic mass is 35.5. The number of aldehydes is 1. The van der Waals surface area contributed by atoms with Crippen molar-refractivity contribution in [1.82, 2.24) is 9.29 Å². The molecule has 2 heterocycles. The van der Waals surface area contributed by atoms with Gasteiger partial charge in [-0.25, -0.2) is 8.42 Å². The van der Waals surface area contributed by atoms with Gasteiger partial charge in [0.2, 0.25) is 10.0 Å². The summed E-state index contributed by atoms with van der Waals surface area (Å²) in [5, 5.41) is 1.42. The molecule has 0 unspecified atom stereocenters. The zero-order valence-electron chi connectivity index (χ0n) is 14.6. The number of sulfonamides is 1. The van der Waals surface area contributed by atoms with Gasteiger partial charge in [0.15, 0.2) is 6.29 Å². The minimum atomic E-state index is -3.67. The maximum atomic E-state index is 12.9. The Morgan fingerprint density at radius 1 is 1.07 bits per heavy atom. The third kappa shape index (κ3) is 3.33. The topological polar surface area (TPSA) is 79.5 Å². The highest BCUT2D eigenvalue weighted by Crippen LogP contribution is 2.36. The molecule has 0 atom stereocenters. The van der Waals surface area contributed by atoms with E-state index < -0.39 is 10.0 Å². The van der Waals surface area contributed by atoms with E-state index in [9.17, 15) is 13.2 Å². The van der Waals surface area contributed by atoms with Gasteiger partial charge in [0.1, 0.15) is 0 Å². The van der Waals surface area contributed by atoms with Crippen LogP contribution in [0, 0.1) is 0 Å². The van der Waals surface area contributed by atoms with Gasteiger partial charge in [-0.2, -0.15) is 4.31 Å². The quantitative estimate of drug-likeness (QED) is 0.624. The molecule has 0 bridgehead atoms. The van der Waals surface area contributed by atoms with E-state index >= 15 is 0 Å². The van der Waals surface area contributed by atoms with Gasteiger partial charge in [-0.1, -0.05) is 23.2 Å². The number of H-pyrrole nitrogens is 1. The van der Waals surface area contributed by atoms with Crippen molar-refractivity contribution in [2.24, 2.45) is 0 Å². The van der Waals surface area contributed by atoms with Crippen LogP contribution in [0.25, 0.3) is 22.2 Å². The third-order valence-electron chi connectivity index (χ3n) is 4.73. The third-order valence-corrected chi connectivity index (χ3v) is 7.19. The number of hydrogen-bond acceptors (Lipinski definition) is 4. The van der Waals surface area contributed by atoms with Gasteiger partial charge in [0.25, 0.3) is 0 Å². The van der Waals surface area contributed by atoms with Gasteiger partial charge < -0.3 is 9.72 Å². The molecule has 1 N–H and O–H groups in total. The SMILES string of the molecule is O=Cc1c(-c2cc(Cl)ccc2Cl)[nH]c2ccc(S(=O)(=O)N3CCOCC3)cc12. The van der Waals surface area contributed by atoms with E-state index in [4.69, 9.17) is 27.9 Å². The summed E-state index contributed by atoms with van der Waals surface area (Å²) in [6, 6.07) is 9.66. The van der Waals surface area contributed by atoms with Crippen molar-refractivity contribution in [3.8, 4) is 11.3 Å². The molecule has 0 amide bonds. The summed E-state index contributed by atoms with van der Waals surface area (Å²) >= 11 is 12.4. The van der Waals surface area contributed by atoms with Crippen LogP contribution in [0.4, 0.5) is 0 Å². The normalized spacial score (nSPS) is 15.8. The monoisotopic (exact) mass is 438 g/mol. The molecule has 1 saturated heterocycles. The molecule has 6 nitrogen and oxygen atoms in total. The number of morpholine rings is 1. The van der Waals surface area contributed by atoms with Crippen LogP contribution in [0.15, 0.2) is 41.3 Å². The van der Waals surface area contributed by atoms with Gasteiger partial charge >= 0.3 is 0 Å². The van der Waals surface area contributed by atoms with Crippen LogP contribution >= 0.6 is 23.2 Å². The Morgan fingerprint density at radius 3 is 2.54 bits per heavy atom. The van der Waals surface area contributed by atoms with Crippen molar-refractivity contribution in [3.05, 3.63) is 52.0 Å². The fourth-order valence-corrected chi connectivity index (χ4v) is 5.13. The summed E-state index contributed by atoms with van der Waals surface area (Å²) < 4.78 is 32.5. The first-order valence-corrected chi connectivity index (χ1v) is 10.8. The molecule has 0 spiro atoms. The molecule has 1 aliphatic heterocycles. The van der Waals surface area contributed by atoms with E-state index in [1.54, 1.807) is 24.3 Å². The standard InChI is InChI=1S/C19H16Cl2N2O4S/c20-12-1-3-17(21)15(9-12)19-16(11-24)14-10-13(2-4-18(14)22-19)28(25,26)23-5-7-27-8-6-23/h1-4,9-11,22H,5-8H2. The Balaban J connectivity index is 1.86. The van der Waals surface area contributed by atoms with Crippen molar-refractivity contribution in [2.75, 3.05) is 26.3 Å². The average Bonchev–Trinajstić information content (AvgIpc) is 3.08. The Morgan fingerprint density at radius 2 is 1.82 bits per heavy atom. The number of nitrogens with one attached hydrogen (secondary N) is 1. The number of halogens is 2. The van der Waals surface area contributed by atoms with Crippen molar-refractivity contribution >= 4 is 50.4 Å². The average molecular weight is 439 g/mol. The fourth-order valence-electron chi connectivity index (χ4n) is 3.31. The number of fused-ring (bicyclic) bond motifs is 1. The van der Waals surface area contributed by atoms with Gasteiger partial charge in [-0.15, -0.1) is 0 Å². The summed E-state index contributed by atoms with van der Waals surface area (Å²) in [5.41, 5.74) is 2.04. The Hall–Kier alpha value is -1.90. The molecule has 1 aliphatic rings. The van der Waals surface area contributed by atoms with Gasteiger partial charge in [-0.05, 0) is 36.4 Å². The molecule has 2 aromatic carbocycles. The predicted molar refractivity (Wildman–Crippen MR) is 109 cm³/mol. The highest BCUT2D eigenvalue weighted by Gasteiger charge is 2.27. The van der Waals surface area contributed by atoms with Crippen molar-refractivity contribution in [1.29, 1.82) is 0 Å². The van der Waals surface area contributed by atoms with Crippen LogP contribution in [0.1, 0.15) is 10.4 Å². The summed E-state index contributed by atoms with van der Waals surface area (Å²) in [6.45, 7) is 1.33. The molecule has 28 heavy (non-hydrogen) atoms. The second-order valence-electron chi connectivity index (χ2n) is 6.38. The molecular formula is C19H16Cl2N2O4S. The Kier molecular flexibility index (Phi) is 5.20. The summed E-state index contributed by atoms with van der Waals surface area (Å²) in [5.74, 6) is 0. The van der Waals surface area contributed by atoms with Crippen LogP contribution in [0.5, 0.6) is 0 Å². The number of benzene rings is 2. The lowest BCUT2D eigenvalue weighted by atomic mass is 10.1. The molecule has 9 heteroatoms. The van der Waals surface area contributed by atoms with Crippen LogP contribution in [0.2, 0.25) is 10.0 Å². The van der Waals surface area contributed by atoms with Gasteiger partial charge in [-0.3, -0.25) is 4.79 Å². The van der Waals surface area contributed by atoms with Crippen LogP contribution in [0.3, 0.4) is 0 Å². The number of nitrogens with zero attached hydrogens (tertiary/aromatic N) is 1. The van der Waals surface area contributed by atoms with Crippen molar-refractivity contribution in [2.45, 2.75) is 4.90 Å². The Bertz CT molecular complexity index is 1170.